The van der Waals surface area contributed by atoms with Crippen LogP contribution in [0.5, 0.6) is 0 Å². The Morgan fingerprint density at radius 1 is 0.947 bits per heavy atom. The lowest BCUT2D eigenvalue weighted by Crippen LogP contribution is -2.22. The van der Waals surface area contributed by atoms with Crippen molar-refractivity contribution in [3.05, 3.63) is 69.3 Å². The molecule has 0 atom stereocenters. The molecule has 0 radical (unpaired) electrons. The molecule has 0 fully saturated rings. The van der Waals surface area contributed by atoms with Crippen LogP contribution in [0.15, 0.2) is 58.2 Å². The number of allylic oxidation sites excluding steroid dienone is 6. The van der Waals surface area contributed by atoms with Crippen LogP contribution in [0.25, 0.3) is 0 Å². The third-order valence-electron chi connectivity index (χ3n) is 3.47. The number of ketones is 2. The van der Waals surface area contributed by atoms with Crippen molar-refractivity contribution in [2.45, 2.75) is 13.3 Å². The maximum atomic E-state index is 12.6. The highest BCUT2D eigenvalue weighted by molar-refractivity contribution is 6.41. The van der Waals surface area contributed by atoms with Crippen molar-refractivity contribution in [1.82, 2.24) is 0 Å². The zero-order valence-electron chi connectivity index (χ0n) is 10.4. The van der Waals surface area contributed by atoms with Crippen LogP contribution in [-0.2, 0) is 0 Å². The second-order valence-corrected chi connectivity index (χ2v) is 5.04. The summed E-state index contributed by atoms with van der Waals surface area (Å²) in [6, 6.07) is 6.89. The van der Waals surface area contributed by atoms with Gasteiger partial charge in [-0.05, 0) is 18.9 Å². The predicted molar refractivity (Wildman–Crippen MR) is 74.4 cm³/mol. The number of halogens is 1. The van der Waals surface area contributed by atoms with E-state index in [1.807, 2.05) is 13.0 Å². The smallest absolute Gasteiger partial charge is 0.196 e. The Bertz CT molecular complexity index is 646. The summed E-state index contributed by atoms with van der Waals surface area (Å²) in [6.45, 7) is 1.85. The van der Waals surface area contributed by atoms with Gasteiger partial charge in [0.15, 0.2) is 11.6 Å². The summed E-state index contributed by atoms with van der Waals surface area (Å²) in [7, 11) is 0. The topological polar surface area (TPSA) is 34.1 Å². The molecule has 2 aliphatic rings. The van der Waals surface area contributed by atoms with Crippen LogP contribution in [0.4, 0.5) is 0 Å². The third kappa shape index (κ3) is 1.71. The molecule has 0 amide bonds. The maximum Gasteiger partial charge on any atom is 0.196 e. The lowest BCUT2D eigenvalue weighted by molar-refractivity contribution is 0.0979. The zero-order valence-corrected chi connectivity index (χ0v) is 11.1. The molecule has 2 aliphatic carbocycles. The van der Waals surface area contributed by atoms with E-state index in [-0.39, 0.29) is 11.6 Å². The molecule has 0 heterocycles. The molecule has 19 heavy (non-hydrogen) atoms. The van der Waals surface area contributed by atoms with Crippen molar-refractivity contribution in [3.63, 3.8) is 0 Å². The summed E-state index contributed by atoms with van der Waals surface area (Å²) in [6.07, 6.45) is 4.32. The number of Topliss-reactive ketones (excluding diaryl/α,β-unsaturated/α-hetero) is 2. The van der Waals surface area contributed by atoms with Gasteiger partial charge in [-0.2, -0.15) is 0 Å². The molecule has 0 aliphatic heterocycles. The van der Waals surface area contributed by atoms with Crippen LogP contribution >= 0.6 is 11.6 Å². The zero-order chi connectivity index (χ0) is 13.6. The SMILES string of the molecule is CC1=CCC=C(Cl)C2=C1C(=O)c1ccccc1C2=O. The Balaban J connectivity index is 2.34. The van der Waals surface area contributed by atoms with Gasteiger partial charge in [0.05, 0.1) is 5.57 Å². The summed E-state index contributed by atoms with van der Waals surface area (Å²) in [4.78, 5) is 25.1. The van der Waals surface area contributed by atoms with Crippen molar-refractivity contribution in [1.29, 1.82) is 0 Å². The van der Waals surface area contributed by atoms with Gasteiger partial charge >= 0.3 is 0 Å². The van der Waals surface area contributed by atoms with Crippen LogP contribution in [0.3, 0.4) is 0 Å². The lowest BCUT2D eigenvalue weighted by Gasteiger charge is -2.20. The van der Waals surface area contributed by atoms with Gasteiger partial charge in [-0.1, -0.05) is 48.0 Å². The average molecular weight is 271 g/mol. The average Bonchev–Trinajstić information content (AvgIpc) is 2.56. The fourth-order valence-corrected chi connectivity index (χ4v) is 2.79. The van der Waals surface area contributed by atoms with Crippen LogP contribution in [0.2, 0.25) is 0 Å². The van der Waals surface area contributed by atoms with E-state index in [0.29, 0.717) is 33.7 Å². The molecule has 94 valence electrons. The van der Waals surface area contributed by atoms with E-state index in [1.54, 1.807) is 30.3 Å². The Kier molecular flexibility index (Phi) is 2.76. The van der Waals surface area contributed by atoms with Gasteiger partial charge in [-0.3, -0.25) is 9.59 Å². The molecule has 1 aromatic carbocycles. The largest absolute Gasteiger partial charge is 0.289 e. The quantitative estimate of drug-likeness (QED) is 0.718. The first-order valence-electron chi connectivity index (χ1n) is 6.07. The van der Waals surface area contributed by atoms with Crippen molar-refractivity contribution in [3.8, 4) is 0 Å². The monoisotopic (exact) mass is 270 g/mol. The number of benzene rings is 1. The minimum atomic E-state index is -0.166. The molecule has 0 aromatic heterocycles. The Morgan fingerprint density at radius 3 is 2.16 bits per heavy atom. The first-order chi connectivity index (χ1) is 9.11. The highest BCUT2D eigenvalue weighted by atomic mass is 35.5. The van der Waals surface area contributed by atoms with Gasteiger partial charge in [0.2, 0.25) is 0 Å². The molecule has 0 N–H and O–H groups in total. The predicted octanol–water partition coefficient (Wildman–Crippen LogP) is 3.83. The van der Waals surface area contributed by atoms with Crippen LogP contribution in [0.1, 0.15) is 34.1 Å². The summed E-state index contributed by atoms with van der Waals surface area (Å²) < 4.78 is 0. The number of hydrogen-bond donors (Lipinski definition) is 0. The first-order valence-corrected chi connectivity index (χ1v) is 6.45. The summed E-state index contributed by atoms with van der Waals surface area (Å²) in [5, 5.41) is 0.371. The molecule has 0 bridgehead atoms. The van der Waals surface area contributed by atoms with E-state index in [0.717, 1.165) is 5.57 Å². The fourth-order valence-electron chi connectivity index (χ4n) is 2.52. The van der Waals surface area contributed by atoms with Gasteiger partial charge in [-0.15, -0.1) is 0 Å². The third-order valence-corrected chi connectivity index (χ3v) is 3.82. The van der Waals surface area contributed by atoms with Gasteiger partial charge < -0.3 is 0 Å². The number of fused-ring (bicyclic) bond motifs is 1. The number of carbonyl (C=O) groups excluding carboxylic acids is 2. The highest BCUT2D eigenvalue weighted by Gasteiger charge is 2.34. The van der Waals surface area contributed by atoms with Crippen LogP contribution < -0.4 is 0 Å². The summed E-state index contributed by atoms with van der Waals surface area (Å²) in [5.41, 5.74) is 2.51. The molecule has 0 saturated heterocycles. The molecule has 1 aromatic rings. The van der Waals surface area contributed by atoms with E-state index in [2.05, 4.69) is 0 Å². The molecule has 3 heteroatoms. The van der Waals surface area contributed by atoms with E-state index in [9.17, 15) is 9.59 Å². The van der Waals surface area contributed by atoms with E-state index >= 15 is 0 Å². The van der Waals surface area contributed by atoms with Gasteiger partial charge in [0.1, 0.15) is 0 Å². The maximum absolute atomic E-state index is 12.6. The molecule has 0 saturated carbocycles. The van der Waals surface area contributed by atoms with Gasteiger partial charge in [0.25, 0.3) is 0 Å². The minimum Gasteiger partial charge on any atom is -0.289 e. The van der Waals surface area contributed by atoms with Crippen molar-refractivity contribution in [2.24, 2.45) is 0 Å². The van der Waals surface area contributed by atoms with E-state index in [1.165, 1.54) is 0 Å². The lowest BCUT2D eigenvalue weighted by atomic mass is 9.81. The normalized spacial score (nSPS) is 18.4. The highest BCUT2D eigenvalue weighted by Crippen LogP contribution is 2.36. The second-order valence-electron chi connectivity index (χ2n) is 4.63. The van der Waals surface area contributed by atoms with Crippen LogP contribution in [-0.4, -0.2) is 11.6 Å². The molecule has 3 rings (SSSR count). The molecular formula is C16H11ClO2. The summed E-state index contributed by atoms with van der Waals surface area (Å²) in [5.74, 6) is -0.284. The number of carbonyl (C=O) groups is 2. The van der Waals surface area contributed by atoms with E-state index in [4.69, 9.17) is 11.6 Å². The molecule has 0 spiro atoms. The Hall–Kier alpha value is -1.93. The van der Waals surface area contributed by atoms with Crippen molar-refractivity contribution in [2.75, 3.05) is 0 Å². The van der Waals surface area contributed by atoms with E-state index < -0.39 is 0 Å². The molecule has 0 unspecified atom stereocenters. The molecular weight excluding hydrogens is 260 g/mol. The Morgan fingerprint density at radius 2 is 1.53 bits per heavy atom. The standard InChI is InChI=1S/C16H11ClO2/c1-9-5-4-8-12(17)14-13(9)15(18)10-6-2-3-7-11(10)16(14)19/h2-3,5-8H,4H2,1H3. The number of hydrogen-bond acceptors (Lipinski definition) is 2. The van der Waals surface area contributed by atoms with Gasteiger partial charge in [-0.25, -0.2) is 0 Å². The first kappa shape index (κ1) is 12.1. The second kappa shape index (κ2) is 4.32. The van der Waals surface area contributed by atoms with Crippen molar-refractivity contribution >= 4 is 23.2 Å². The van der Waals surface area contributed by atoms with Crippen molar-refractivity contribution < 1.29 is 9.59 Å². The van der Waals surface area contributed by atoms with Gasteiger partial charge in [0, 0.05) is 21.7 Å². The summed E-state index contributed by atoms with van der Waals surface area (Å²) >= 11 is 6.18. The number of rotatable bonds is 0. The van der Waals surface area contributed by atoms with Crippen LogP contribution in [0, 0.1) is 0 Å². The molecule has 2 nitrogen and oxygen atoms in total. The fraction of sp³-hybridized carbons (Fsp3) is 0.125. The minimum absolute atomic E-state index is 0.118. The Labute approximate surface area is 116 Å².